The van der Waals surface area contributed by atoms with E-state index in [1.807, 2.05) is 25.1 Å². The summed E-state index contributed by atoms with van der Waals surface area (Å²) < 4.78 is 0. The van der Waals surface area contributed by atoms with Gasteiger partial charge in [0, 0.05) is 12.6 Å². The molecule has 0 saturated heterocycles. The summed E-state index contributed by atoms with van der Waals surface area (Å²) in [4.78, 5) is 15.8. The summed E-state index contributed by atoms with van der Waals surface area (Å²) in [6.07, 6.45) is 9.81. The maximum absolute atomic E-state index is 11.6. The van der Waals surface area contributed by atoms with Crippen molar-refractivity contribution < 1.29 is 4.79 Å². The average Bonchev–Trinajstić information content (AvgIpc) is 2.38. The van der Waals surface area contributed by atoms with E-state index in [0.29, 0.717) is 12.2 Å². The van der Waals surface area contributed by atoms with Gasteiger partial charge in [-0.25, -0.2) is 4.98 Å². The van der Waals surface area contributed by atoms with Gasteiger partial charge in [0.05, 0.1) is 0 Å². The monoisotopic (exact) mass is 244 g/mol. The summed E-state index contributed by atoms with van der Waals surface area (Å²) in [5.41, 5.74) is 0. The van der Waals surface area contributed by atoms with Crippen LogP contribution in [0, 0.1) is 0 Å². The highest BCUT2D eigenvalue weighted by Gasteiger charge is 2.02. The van der Waals surface area contributed by atoms with Crippen LogP contribution in [0.2, 0.25) is 0 Å². The van der Waals surface area contributed by atoms with Crippen LogP contribution in [-0.4, -0.2) is 10.9 Å². The van der Waals surface area contributed by atoms with Crippen LogP contribution in [-0.2, 0) is 4.79 Å². The lowest BCUT2D eigenvalue weighted by Crippen LogP contribution is -2.26. The molecule has 1 N–H and O–H groups in total. The molecule has 0 unspecified atom stereocenters. The molecule has 0 radical (unpaired) electrons. The molecule has 1 aromatic heterocycles. The number of carbonyl (C=O) groups excluding carboxylic acids is 1. The van der Waals surface area contributed by atoms with Crippen LogP contribution in [0.1, 0.15) is 33.1 Å². The normalized spacial score (nSPS) is 12.6. The van der Waals surface area contributed by atoms with Crippen molar-refractivity contribution in [2.75, 3.05) is 5.32 Å². The summed E-state index contributed by atoms with van der Waals surface area (Å²) in [5, 5.41) is 4.85. The number of allylic oxidation sites excluding steroid dienone is 1. The van der Waals surface area contributed by atoms with Crippen molar-refractivity contribution in [3.8, 4) is 0 Å². The van der Waals surface area contributed by atoms with Crippen LogP contribution in [0.3, 0.4) is 0 Å². The van der Waals surface area contributed by atoms with E-state index in [-0.39, 0.29) is 5.91 Å². The molecule has 18 heavy (non-hydrogen) atoms. The fraction of sp³-hybridized carbons (Fsp3) is 0.333. The quantitative estimate of drug-likeness (QED) is 0.860. The summed E-state index contributed by atoms with van der Waals surface area (Å²) in [5.74, 6) is 0.622. The van der Waals surface area contributed by atoms with E-state index in [9.17, 15) is 4.79 Å². The van der Waals surface area contributed by atoms with Crippen LogP contribution in [0.4, 0.5) is 5.82 Å². The zero-order valence-electron chi connectivity index (χ0n) is 11.1. The van der Waals surface area contributed by atoms with E-state index >= 15 is 0 Å². The molecular weight excluding hydrogens is 224 g/mol. The largest absolute Gasteiger partial charge is 0.311 e. The van der Waals surface area contributed by atoms with E-state index in [2.05, 4.69) is 23.8 Å². The summed E-state index contributed by atoms with van der Waals surface area (Å²) in [7, 11) is 0. The lowest BCUT2D eigenvalue weighted by atomic mass is 10.2. The summed E-state index contributed by atoms with van der Waals surface area (Å²) in [6, 6.07) is 1.87. The first-order valence-electron chi connectivity index (χ1n) is 6.26. The molecule has 0 bridgehead atoms. The molecule has 3 heteroatoms. The lowest BCUT2D eigenvalue weighted by molar-refractivity contribution is -0.116. The first-order valence-corrected chi connectivity index (χ1v) is 6.26. The van der Waals surface area contributed by atoms with Crippen molar-refractivity contribution in [1.29, 1.82) is 0 Å². The van der Waals surface area contributed by atoms with Gasteiger partial charge in [-0.3, -0.25) is 4.79 Å². The molecule has 0 aliphatic heterocycles. The van der Waals surface area contributed by atoms with Gasteiger partial charge in [0.2, 0.25) is 5.91 Å². The zero-order valence-corrected chi connectivity index (χ0v) is 11.1. The Bertz CT molecular complexity index is 532. The molecule has 0 fully saturated rings. The molecule has 1 rings (SSSR count). The number of pyridine rings is 1. The Morgan fingerprint density at radius 2 is 2.28 bits per heavy atom. The van der Waals surface area contributed by atoms with Gasteiger partial charge >= 0.3 is 0 Å². The highest BCUT2D eigenvalue weighted by atomic mass is 16.1. The molecule has 0 aliphatic carbocycles. The molecular formula is C15H20N2O. The van der Waals surface area contributed by atoms with Crippen molar-refractivity contribution in [3.63, 3.8) is 0 Å². The average molecular weight is 244 g/mol. The number of nitrogens with zero attached hydrogens (tertiary/aromatic N) is 1. The minimum atomic E-state index is 0.0202. The molecule has 1 heterocycles. The second-order valence-electron chi connectivity index (χ2n) is 4.04. The molecule has 0 aliphatic rings. The smallest absolute Gasteiger partial charge is 0.225 e. The Balaban J connectivity index is 2.90. The Morgan fingerprint density at radius 3 is 2.89 bits per heavy atom. The Labute approximate surface area is 108 Å². The van der Waals surface area contributed by atoms with Crippen LogP contribution in [0.25, 0.3) is 12.2 Å². The fourth-order valence-corrected chi connectivity index (χ4v) is 1.61. The Hall–Kier alpha value is -1.90. The van der Waals surface area contributed by atoms with Gasteiger partial charge in [-0.1, -0.05) is 38.2 Å². The van der Waals surface area contributed by atoms with E-state index in [0.717, 1.165) is 23.3 Å². The second-order valence-corrected chi connectivity index (χ2v) is 4.04. The van der Waals surface area contributed by atoms with Crippen LogP contribution < -0.4 is 15.8 Å². The number of hydrogen-bond donors (Lipinski definition) is 1. The number of unbranched alkanes of at least 4 members (excludes halogenated alkanes) is 1. The second kappa shape index (κ2) is 7.43. The Morgan fingerprint density at radius 1 is 1.50 bits per heavy atom. The SMILES string of the molecule is C=C/C=c1/cnc(NC(=O)CCCC)c/c1=C/C. The van der Waals surface area contributed by atoms with Gasteiger partial charge in [0.1, 0.15) is 5.82 Å². The molecule has 0 spiro atoms. The Kier molecular flexibility index (Phi) is 5.85. The molecule has 3 nitrogen and oxygen atoms in total. The van der Waals surface area contributed by atoms with Gasteiger partial charge in [0.15, 0.2) is 0 Å². The molecule has 0 aromatic carbocycles. The molecule has 0 atom stereocenters. The number of rotatable bonds is 5. The first-order chi connectivity index (χ1) is 8.71. The highest BCUT2D eigenvalue weighted by molar-refractivity contribution is 5.89. The lowest BCUT2D eigenvalue weighted by Gasteiger charge is -2.03. The molecule has 0 saturated carbocycles. The fourth-order valence-electron chi connectivity index (χ4n) is 1.61. The number of amides is 1. The standard InChI is InChI=1S/C15H20N2O/c1-4-7-9-15(18)17-14-10-12(6-3)13(8-5-2)11-16-14/h5-6,8,10-11H,2,4,7,9H2,1,3H3,(H,17,18)/b12-6-,13-8-. The van der Waals surface area contributed by atoms with Gasteiger partial charge in [-0.2, -0.15) is 0 Å². The number of carbonyl (C=O) groups is 1. The molecule has 1 aromatic rings. The molecule has 96 valence electrons. The van der Waals surface area contributed by atoms with E-state index in [1.165, 1.54) is 0 Å². The van der Waals surface area contributed by atoms with E-state index < -0.39 is 0 Å². The topological polar surface area (TPSA) is 42.0 Å². The van der Waals surface area contributed by atoms with Crippen LogP contribution in [0.5, 0.6) is 0 Å². The third-order valence-electron chi connectivity index (χ3n) is 2.60. The maximum atomic E-state index is 11.6. The van der Waals surface area contributed by atoms with Crippen molar-refractivity contribution in [2.45, 2.75) is 33.1 Å². The van der Waals surface area contributed by atoms with Crippen molar-refractivity contribution in [3.05, 3.63) is 35.4 Å². The number of anilines is 1. The third-order valence-corrected chi connectivity index (χ3v) is 2.60. The van der Waals surface area contributed by atoms with Crippen LogP contribution in [0.15, 0.2) is 24.9 Å². The molecule has 1 amide bonds. The number of nitrogens with one attached hydrogen (secondary N) is 1. The predicted octanol–water partition coefficient (Wildman–Crippen LogP) is 1.98. The summed E-state index contributed by atoms with van der Waals surface area (Å²) >= 11 is 0. The van der Waals surface area contributed by atoms with Crippen LogP contribution >= 0.6 is 0 Å². The van der Waals surface area contributed by atoms with Crippen molar-refractivity contribution in [2.24, 2.45) is 0 Å². The van der Waals surface area contributed by atoms with Gasteiger partial charge in [-0.15, -0.1) is 0 Å². The van der Waals surface area contributed by atoms with Crippen molar-refractivity contribution in [1.82, 2.24) is 4.98 Å². The maximum Gasteiger partial charge on any atom is 0.225 e. The van der Waals surface area contributed by atoms with Gasteiger partial charge in [0.25, 0.3) is 0 Å². The first kappa shape index (κ1) is 14.2. The number of aromatic nitrogens is 1. The third kappa shape index (κ3) is 4.17. The minimum Gasteiger partial charge on any atom is -0.311 e. The highest BCUT2D eigenvalue weighted by Crippen LogP contribution is 2.00. The predicted molar refractivity (Wildman–Crippen MR) is 76.4 cm³/mol. The van der Waals surface area contributed by atoms with E-state index in [1.54, 1.807) is 12.3 Å². The zero-order chi connectivity index (χ0) is 13.4. The summed E-state index contributed by atoms with van der Waals surface area (Å²) in [6.45, 7) is 7.69. The van der Waals surface area contributed by atoms with Gasteiger partial charge < -0.3 is 5.32 Å². The minimum absolute atomic E-state index is 0.0202. The number of hydrogen-bond acceptors (Lipinski definition) is 2. The van der Waals surface area contributed by atoms with Crippen molar-refractivity contribution >= 4 is 23.9 Å². The van der Waals surface area contributed by atoms with Gasteiger partial charge in [-0.05, 0) is 29.8 Å². The van der Waals surface area contributed by atoms with E-state index in [4.69, 9.17) is 0 Å².